The molecule has 1 heterocycles. The summed E-state index contributed by atoms with van der Waals surface area (Å²) >= 11 is 4.80. The molecule has 1 amide bonds. The normalized spacial score (nSPS) is 15.7. The molecule has 1 N–H and O–H groups in total. The molecular formula is C16H16BrNO2S. The van der Waals surface area contributed by atoms with Crippen molar-refractivity contribution in [3.63, 3.8) is 0 Å². The molecule has 21 heavy (non-hydrogen) atoms. The molecule has 0 unspecified atom stereocenters. The first kappa shape index (κ1) is 14.8. The van der Waals surface area contributed by atoms with E-state index in [0.717, 1.165) is 17.3 Å². The molecule has 1 aliphatic carbocycles. The second kappa shape index (κ2) is 5.91. The molecular weight excluding hydrogens is 350 g/mol. The van der Waals surface area contributed by atoms with Crippen molar-refractivity contribution in [3.05, 3.63) is 56.2 Å². The van der Waals surface area contributed by atoms with Crippen LogP contribution in [0.5, 0.6) is 0 Å². The van der Waals surface area contributed by atoms with Crippen LogP contribution in [0.1, 0.15) is 20.8 Å². The Morgan fingerprint density at radius 3 is 2.57 bits per heavy atom. The largest absolute Gasteiger partial charge is 0.376 e. The van der Waals surface area contributed by atoms with Crippen LogP contribution in [0.25, 0.3) is 0 Å². The average molecular weight is 366 g/mol. The van der Waals surface area contributed by atoms with Gasteiger partial charge in [-0.2, -0.15) is 0 Å². The highest BCUT2D eigenvalue weighted by atomic mass is 79.9. The third-order valence-electron chi connectivity index (χ3n) is 3.94. The zero-order valence-corrected chi connectivity index (χ0v) is 14.1. The Labute approximate surface area is 136 Å². The van der Waals surface area contributed by atoms with E-state index in [1.807, 2.05) is 23.6 Å². The second-order valence-corrected chi connectivity index (χ2v) is 7.15. The minimum absolute atomic E-state index is 0.0434. The lowest BCUT2D eigenvalue weighted by Gasteiger charge is -2.27. The highest BCUT2D eigenvalue weighted by molar-refractivity contribution is 9.10. The quantitative estimate of drug-likeness (QED) is 0.901. The highest BCUT2D eigenvalue weighted by Crippen LogP contribution is 2.32. The number of halogens is 1. The molecule has 2 aromatic rings. The average Bonchev–Trinajstić information content (AvgIpc) is 3.08. The fourth-order valence-corrected chi connectivity index (χ4v) is 4.10. The van der Waals surface area contributed by atoms with Crippen molar-refractivity contribution in [1.82, 2.24) is 5.32 Å². The number of rotatable bonds is 4. The first-order chi connectivity index (χ1) is 10.1. The Bertz CT molecular complexity index is 643. The highest BCUT2D eigenvalue weighted by Gasteiger charge is 2.37. The van der Waals surface area contributed by atoms with Crippen LogP contribution < -0.4 is 5.32 Å². The predicted molar refractivity (Wildman–Crippen MR) is 87.9 cm³/mol. The maximum absolute atomic E-state index is 12.2. The van der Waals surface area contributed by atoms with E-state index in [2.05, 4.69) is 33.4 Å². The Morgan fingerprint density at radius 1 is 1.38 bits per heavy atom. The van der Waals surface area contributed by atoms with Gasteiger partial charge in [0.2, 0.25) is 0 Å². The maximum Gasteiger partial charge on any atom is 0.261 e. The van der Waals surface area contributed by atoms with E-state index in [1.165, 1.54) is 22.5 Å². The molecule has 1 aromatic heterocycles. The second-order valence-electron chi connectivity index (χ2n) is 5.32. The summed E-state index contributed by atoms with van der Waals surface area (Å²) in [6.45, 7) is 0.520. The topological polar surface area (TPSA) is 38.3 Å². The fourth-order valence-electron chi connectivity index (χ4n) is 2.76. The maximum atomic E-state index is 12.2. The molecule has 3 nitrogen and oxygen atoms in total. The Balaban J connectivity index is 1.68. The monoisotopic (exact) mass is 365 g/mol. The number of benzene rings is 1. The number of fused-ring (bicyclic) bond motifs is 1. The molecule has 1 aliphatic rings. The van der Waals surface area contributed by atoms with Gasteiger partial charge in [-0.3, -0.25) is 4.79 Å². The summed E-state index contributed by atoms with van der Waals surface area (Å²) in [5.74, 6) is -0.0434. The van der Waals surface area contributed by atoms with Crippen LogP contribution in [0.2, 0.25) is 0 Å². The summed E-state index contributed by atoms with van der Waals surface area (Å²) in [5, 5.41) is 4.92. The fraction of sp³-hybridized carbons (Fsp3) is 0.312. The SMILES string of the molecule is COC1(CNC(=O)c2cc(Br)cs2)Cc2ccccc2C1. The minimum atomic E-state index is -0.326. The third-order valence-corrected chi connectivity index (χ3v) is 5.63. The summed E-state index contributed by atoms with van der Waals surface area (Å²) in [6, 6.07) is 10.2. The lowest BCUT2D eigenvalue weighted by atomic mass is 10.00. The lowest BCUT2D eigenvalue weighted by Crippen LogP contribution is -2.45. The minimum Gasteiger partial charge on any atom is -0.376 e. The molecule has 0 atom stereocenters. The lowest BCUT2D eigenvalue weighted by molar-refractivity contribution is 0.000209. The van der Waals surface area contributed by atoms with Gasteiger partial charge in [-0.05, 0) is 33.1 Å². The van der Waals surface area contributed by atoms with Gasteiger partial charge in [0.15, 0.2) is 0 Å². The summed E-state index contributed by atoms with van der Waals surface area (Å²) in [6.07, 6.45) is 1.68. The Morgan fingerprint density at radius 2 is 2.05 bits per heavy atom. The van der Waals surface area contributed by atoms with Crippen LogP contribution in [0.3, 0.4) is 0 Å². The Kier molecular flexibility index (Phi) is 4.15. The van der Waals surface area contributed by atoms with Crippen LogP contribution >= 0.6 is 27.3 Å². The number of carbonyl (C=O) groups excluding carboxylic acids is 1. The van der Waals surface area contributed by atoms with Crippen LogP contribution in [0.15, 0.2) is 40.2 Å². The molecule has 0 spiro atoms. The smallest absolute Gasteiger partial charge is 0.261 e. The first-order valence-electron chi connectivity index (χ1n) is 6.76. The molecule has 0 saturated carbocycles. The van der Waals surface area contributed by atoms with Gasteiger partial charge in [-0.15, -0.1) is 11.3 Å². The van der Waals surface area contributed by atoms with Crippen LogP contribution in [0.4, 0.5) is 0 Å². The van der Waals surface area contributed by atoms with E-state index in [-0.39, 0.29) is 11.5 Å². The molecule has 110 valence electrons. The number of carbonyl (C=O) groups is 1. The number of hydrogen-bond donors (Lipinski definition) is 1. The number of ether oxygens (including phenoxy) is 1. The van der Waals surface area contributed by atoms with E-state index in [0.29, 0.717) is 11.4 Å². The standard InChI is InChI=1S/C16H16BrNO2S/c1-20-16(7-11-4-2-3-5-12(11)8-16)10-18-15(19)14-6-13(17)9-21-14/h2-6,9H,7-8,10H2,1H3,(H,18,19). The van der Waals surface area contributed by atoms with E-state index >= 15 is 0 Å². The van der Waals surface area contributed by atoms with E-state index < -0.39 is 0 Å². The molecule has 3 rings (SSSR count). The number of methoxy groups -OCH3 is 1. The summed E-state index contributed by atoms with van der Waals surface area (Å²) in [4.78, 5) is 12.9. The first-order valence-corrected chi connectivity index (χ1v) is 8.43. The van der Waals surface area contributed by atoms with Crippen molar-refractivity contribution in [3.8, 4) is 0 Å². The van der Waals surface area contributed by atoms with Crippen molar-refractivity contribution in [1.29, 1.82) is 0 Å². The Hall–Kier alpha value is -1.17. The number of nitrogens with one attached hydrogen (secondary N) is 1. The third kappa shape index (κ3) is 3.05. The molecule has 0 bridgehead atoms. The van der Waals surface area contributed by atoms with E-state index in [4.69, 9.17) is 4.74 Å². The molecule has 0 fully saturated rings. The zero-order valence-electron chi connectivity index (χ0n) is 11.7. The molecule has 0 radical (unpaired) electrons. The van der Waals surface area contributed by atoms with Gasteiger partial charge >= 0.3 is 0 Å². The van der Waals surface area contributed by atoms with Crippen LogP contribution in [-0.2, 0) is 17.6 Å². The van der Waals surface area contributed by atoms with E-state index in [9.17, 15) is 4.79 Å². The van der Waals surface area contributed by atoms with Gasteiger partial charge in [0.25, 0.3) is 5.91 Å². The summed E-state index contributed by atoms with van der Waals surface area (Å²) < 4.78 is 6.69. The number of amides is 1. The van der Waals surface area contributed by atoms with Gasteiger partial charge in [-0.25, -0.2) is 0 Å². The van der Waals surface area contributed by atoms with Gasteiger partial charge in [0.05, 0.1) is 10.5 Å². The van der Waals surface area contributed by atoms with Gasteiger partial charge in [-0.1, -0.05) is 24.3 Å². The van der Waals surface area contributed by atoms with Gasteiger partial charge < -0.3 is 10.1 Å². The summed E-state index contributed by atoms with van der Waals surface area (Å²) in [5.41, 5.74) is 2.30. The number of thiophene rings is 1. The zero-order chi connectivity index (χ0) is 14.9. The summed E-state index contributed by atoms with van der Waals surface area (Å²) in [7, 11) is 1.72. The van der Waals surface area contributed by atoms with Crippen molar-refractivity contribution < 1.29 is 9.53 Å². The number of hydrogen-bond acceptors (Lipinski definition) is 3. The molecule has 0 saturated heterocycles. The van der Waals surface area contributed by atoms with Gasteiger partial charge in [0.1, 0.15) is 0 Å². The van der Waals surface area contributed by atoms with Crippen molar-refractivity contribution in [2.24, 2.45) is 0 Å². The van der Waals surface area contributed by atoms with Gasteiger partial charge in [0, 0.05) is 36.3 Å². The van der Waals surface area contributed by atoms with E-state index in [1.54, 1.807) is 7.11 Å². The van der Waals surface area contributed by atoms with Crippen LogP contribution in [-0.4, -0.2) is 25.2 Å². The van der Waals surface area contributed by atoms with Crippen molar-refractivity contribution in [2.75, 3.05) is 13.7 Å². The van der Waals surface area contributed by atoms with Crippen molar-refractivity contribution in [2.45, 2.75) is 18.4 Å². The predicted octanol–water partition coefficient (Wildman–Crippen LogP) is 3.42. The van der Waals surface area contributed by atoms with Crippen LogP contribution in [0, 0.1) is 0 Å². The molecule has 1 aromatic carbocycles. The van der Waals surface area contributed by atoms with Crippen molar-refractivity contribution >= 4 is 33.2 Å². The molecule has 5 heteroatoms. The molecule has 0 aliphatic heterocycles.